The molecule has 168 valence electrons. The van der Waals surface area contributed by atoms with Gasteiger partial charge < -0.3 is 24.3 Å². The van der Waals surface area contributed by atoms with Crippen LogP contribution < -0.4 is 4.74 Å². The Labute approximate surface area is 191 Å². The van der Waals surface area contributed by atoms with E-state index in [0.717, 1.165) is 33.6 Å². The van der Waals surface area contributed by atoms with Crippen LogP contribution >= 0.6 is 0 Å². The van der Waals surface area contributed by atoms with Gasteiger partial charge in [0, 0.05) is 16.3 Å². The van der Waals surface area contributed by atoms with Crippen molar-refractivity contribution >= 4 is 32.6 Å². The van der Waals surface area contributed by atoms with Crippen molar-refractivity contribution in [2.24, 2.45) is 0 Å². The zero-order valence-corrected chi connectivity index (χ0v) is 18.3. The lowest BCUT2D eigenvalue weighted by Gasteiger charge is -2.08. The van der Waals surface area contributed by atoms with Crippen molar-refractivity contribution in [1.82, 2.24) is 9.97 Å². The van der Waals surface area contributed by atoms with Crippen molar-refractivity contribution in [1.29, 1.82) is 0 Å². The van der Waals surface area contributed by atoms with Crippen LogP contribution in [0.5, 0.6) is 5.75 Å². The van der Waals surface area contributed by atoms with Gasteiger partial charge in [-0.15, -0.1) is 0 Å². The van der Waals surface area contributed by atoms with E-state index in [-0.39, 0.29) is 6.61 Å². The highest BCUT2D eigenvalue weighted by molar-refractivity contribution is 6.23. The number of nitrogens with zero attached hydrogens (tertiary/aromatic N) is 1. The van der Waals surface area contributed by atoms with Crippen molar-refractivity contribution in [2.75, 3.05) is 39.6 Å². The molecule has 0 fully saturated rings. The first-order valence-electron chi connectivity index (χ1n) is 11.1. The number of hydrogen-bond donors (Lipinski definition) is 2. The fourth-order valence-electron chi connectivity index (χ4n) is 4.07. The number of imidazole rings is 1. The first kappa shape index (κ1) is 21.4. The van der Waals surface area contributed by atoms with Gasteiger partial charge >= 0.3 is 0 Å². The smallest absolute Gasteiger partial charge is 0.138 e. The predicted molar refractivity (Wildman–Crippen MR) is 131 cm³/mol. The van der Waals surface area contributed by atoms with E-state index >= 15 is 0 Å². The maximum Gasteiger partial charge on any atom is 0.138 e. The van der Waals surface area contributed by atoms with Gasteiger partial charge in [0.05, 0.1) is 44.1 Å². The number of ether oxygens (including phenoxy) is 3. The van der Waals surface area contributed by atoms with Crippen molar-refractivity contribution < 1.29 is 19.3 Å². The Bertz CT molecular complexity index is 1290. The number of aromatic nitrogens is 2. The third-order valence-electron chi connectivity index (χ3n) is 5.60. The molecule has 0 bridgehead atoms. The predicted octanol–water partition coefficient (Wildman–Crippen LogP) is 4.94. The van der Waals surface area contributed by atoms with Gasteiger partial charge in [-0.1, -0.05) is 48.5 Å². The summed E-state index contributed by atoms with van der Waals surface area (Å²) < 4.78 is 16.4. The highest BCUT2D eigenvalue weighted by atomic mass is 16.5. The van der Waals surface area contributed by atoms with Crippen LogP contribution in [0.25, 0.3) is 44.0 Å². The normalized spacial score (nSPS) is 11.5. The third-order valence-corrected chi connectivity index (χ3v) is 5.60. The summed E-state index contributed by atoms with van der Waals surface area (Å²) in [6, 6.07) is 24.8. The molecule has 0 aliphatic heterocycles. The average molecular weight is 443 g/mol. The molecule has 4 aromatic carbocycles. The van der Waals surface area contributed by atoms with Crippen molar-refractivity contribution in [3.8, 4) is 17.1 Å². The van der Waals surface area contributed by atoms with Gasteiger partial charge in [-0.3, -0.25) is 0 Å². The molecule has 33 heavy (non-hydrogen) atoms. The maximum absolute atomic E-state index is 8.65. The number of aliphatic hydroxyl groups excluding tert-OH is 1. The summed E-state index contributed by atoms with van der Waals surface area (Å²) in [5.41, 5.74) is 3.04. The van der Waals surface area contributed by atoms with Gasteiger partial charge in [0.25, 0.3) is 0 Å². The minimum Gasteiger partial charge on any atom is -0.491 e. The van der Waals surface area contributed by atoms with E-state index in [1.54, 1.807) is 0 Å². The second-order valence-electron chi connectivity index (χ2n) is 7.72. The van der Waals surface area contributed by atoms with E-state index < -0.39 is 0 Å². The highest BCUT2D eigenvalue weighted by Crippen LogP contribution is 2.35. The van der Waals surface area contributed by atoms with Gasteiger partial charge in [0.15, 0.2) is 0 Å². The standard InChI is InChI=1S/C27H26N2O4/c30-13-14-31-15-16-32-17-18-33-20-11-9-19(10-12-20)27-28-25-23-7-3-1-5-21(23)22-6-2-4-8-24(22)26(25)29-27/h1-12,30H,13-18H2,(H,28,29). The van der Waals surface area contributed by atoms with Crippen LogP contribution in [-0.2, 0) is 9.47 Å². The monoisotopic (exact) mass is 442 g/mol. The molecular weight excluding hydrogens is 416 g/mol. The Kier molecular flexibility index (Phi) is 6.48. The molecule has 6 heteroatoms. The number of H-pyrrole nitrogens is 1. The first-order chi connectivity index (χ1) is 16.3. The molecule has 2 N–H and O–H groups in total. The average Bonchev–Trinajstić information content (AvgIpc) is 3.32. The largest absolute Gasteiger partial charge is 0.491 e. The van der Waals surface area contributed by atoms with E-state index in [2.05, 4.69) is 53.5 Å². The number of hydrogen-bond acceptors (Lipinski definition) is 5. The SMILES string of the molecule is OCCOCCOCCOc1ccc(-c2nc3c4ccccc4c4ccccc4c3[nH]2)cc1. The summed E-state index contributed by atoms with van der Waals surface area (Å²) in [6.45, 7) is 2.26. The first-order valence-corrected chi connectivity index (χ1v) is 11.1. The summed E-state index contributed by atoms with van der Waals surface area (Å²) in [5, 5.41) is 13.4. The maximum atomic E-state index is 8.65. The number of nitrogens with one attached hydrogen (secondary N) is 1. The second kappa shape index (κ2) is 10.0. The van der Waals surface area contributed by atoms with Gasteiger partial charge in [-0.25, -0.2) is 4.98 Å². The van der Waals surface area contributed by atoms with Gasteiger partial charge in [0.1, 0.15) is 18.2 Å². The molecule has 0 aliphatic rings. The Morgan fingerprint density at radius 3 is 2.00 bits per heavy atom. The summed E-state index contributed by atoms with van der Waals surface area (Å²) in [7, 11) is 0. The Balaban J connectivity index is 1.32. The molecule has 0 radical (unpaired) electrons. The molecule has 1 aromatic heterocycles. The van der Waals surface area contributed by atoms with Crippen LogP contribution in [-0.4, -0.2) is 54.7 Å². The molecule has 0 amide bonds. The van der Waals surface area contributed by atoms with Crippen molar-refractivity contribution in [3.05, 3.63) is 72.8 Å². The molecule has 6 nitrogen and oxygen atoms in total. The summed E-state index contributed by atoms with van der Waals surface area (Å²) in [5.74, 6) is 1.62. The molecule has 0 saturated heterocycles. The second-order valence-corrected chi connectivity index (χ2v) is 7.72. The lowest BCUT2D eigenvalue weighted by Crippen LogP contribution is -2.11. The van der Waals surface area contributed by atoms with Crippen LogP contribution in [0.2, 0.25) is 0 Å². The summed E-state index contributed by atoms with van der Waals surface area (Å²) >= 11 is 0. The molecule has 0 spiro atoms. The van der Waals surface area contributed by atoms with Crippen LogP contribution in [0.1, 0.15) is 0 Å². The molecule has 0 atom stereocenters. The molecule has 0 saturated carbocycles. The van der Waals surface area contributed by atoms with Crippen LogP contribution in [0.4, 0.5) is 0 Å². The van der Waals surface area contributed by atoms with E-state index in [0.29, 0.717) is 33.0 Å². The lowest BCUT2D eigenvalue weighted by atomic mass is 10.0. The Morgan fingerprint density at radius 2 is 1.27 bits per heavy atom. The number of rotatable bonds is 10. The van der Waals surface area contributed by atoms with E-state index in [9.17, 15) is 0 Å². The minimum absolute atomic E-state index is 0.0281. The van der Waals surface area contributed by atoms with E-state index in [4.69, 9.17) is 24.3 Å². The quantitative estimate of drug-likeness (QED) is 0.237. The highest BCUT2D eigenvalue weighted by Gasteiger charge is 2.13. The van der Waals surface area contributed by atoms with Crippen LogP contribution in [0, 0.1) is 0 Å². The molecule has 1 heterocycles. The van der Waals surface area contributed by atoms with E-state index in [1.165, 1.54) is 16.2 Å². The van der Waals surface area contributed by atoms with Crippen molar-refractivity contribution in [3.63, 3.8) is 0 Å². The Morgan fingerprint density at radius 1 is 0.667 bits per heavy atom. The van der Waals surface area contributed by atoms with Crippen LogP contribution in [0.15, 0.2) is 72.8 Å². The van der Waals surface area contributed by atoms with Crippen molar-refractivity contribution in [2.45, 2.75) is 0 Å². The third kappa shape index (κ3) is 4.54. The minimum atomic E-state index is 0.0281. The summed E-state index contributed by atoms with van der Waals surface area (Å²) in [6.07, 6.45) is 0. The zero-order chi connectivity index (χ0) is 22.5. The molecule has 5 aromatic rings. The lowest BCUT2D eigenvalue weighted by molar-refractivity contribution is 0.0247. The fraction of sp³-hybridized carbons (Fsp3) is 0.222. The summed E-state index contributed by atoms with van der Waals surface area (Å²) in [4.78, 5) is 8.51. The molecule has 0 unspecified atom stereocenters. The zero-order valence-electron chi connectivity index (χ0n) is 18.3. The number of benzene rings is 4. The van der Waals surface area contributed by atoms with Gasteiger partial charge in [0.2, 0.25) is 0 Å². The van der Waals surface area contributed by atoms with Gasteiger partial charge in [-0.05, 0) is 35.0 Å². The van der Waals surface area contributed by atoms with E-state index in [1.807, 2.05) is 24.3 Å². The topological polar surface area (TPSA) is 76.6 Å². The molecule has 5 rings (SSSR count). The molecular formula is C27H26N2O4. The Hall–Kier alpha value is -3.45. The number of fused-ring (bicyclic) bond motifs is 6. The van der Waals surface area contributed by atoms with Gasteiger partial charge in [-0.2, -0.15) is 0 Å². The number of aliphatic hydroxyl groups is 1. The van der Waals surface area contributed by atoms with Crippen LogP contribution in [0.3, 0.4) is 0 Å². The molecule has 0 aliphatic carbocycles. The fourth-order valence-corrected chi connectivity index (χ4v) is 4.07. The number of aromatic amines is 1.